The highest BCUT2D eigenvalue weighted by atomic mass is 35.5. The van der Waals surface area contributed by atoms with Crippen molar-refractivity contribution < 1.29 is 14.3 Å². The van der Waals surface area contributed by atoms with Crippen LogP contribution in [0, 0.1) is 0 Å². The predicted octanol–water partition coefficient (Wildman–Crippen LogP) is 3.02. The van der Waals surface area contributed by atoms with Gasteiger partial charge in [0.2, 0.25) is 0 Å². The van der Waals surface area contributed by atoms with E-state index in [0.29, 0.717) is 10.7 Å². The van der Waals surface area contributed by atoms with Gasteiger partial charge in [0.05, 0.1) is 6.04 Å². The fraction of sp³-hybridized carbons (Fsp3) is 0.167. The number of hydrogen-bond acceptors (Lipinski definition) is 4. The van der Waals surface area contributed by atoms with Gasteiger partial charge in [-0.15, -0.1) is 0 Å². The van der Waals surface area contributed by atoms with Crippen molar-refractivity contribution in [2.24, 2.45) is 0 Å². The number of rotatable bonds is 5. The monoisotopic (exact) mass is 357 g/mol. The number of carbonyl (C=O) groups excluding carboxylic acids is 2. The van der Waals surface area contributed by atoms with Gasteiger partial charge in [-0.25, -0.2) is 9.78 Å². The maximum atomic E-state index is 12.0. The summed E-state index contributed by atoms with van der Waals surface area (Å²) in [7, 11) is 0. The first-order valence-corrected chi connectivity index (χ1v) is 8.06. The lowest BCUT2D eigenvalue weighted by atomic mass is 10.1. The Labute approximate surface area is 149 Å². The minimum Gasteiger partial charge on any atom is -0.451 e. The van der Waals surface area contributed by atoms with Crippen LogP contribution in [0.25, 0.3) is 5.65 Å². The molecule has 0 spiro atoms. The number of halogens is 1. The van der Waals surface area contributed by atoms with Crippen molar-refractivity contribution in [3.63, 3.8) is 0 Å². The van der Waals surface area contributed by atoms with E-state index in [0.717, 1.165) is 5.56 Å². The first kappa shape index (κ1) is 17.0. The molecule has 128 valence electrons. The van der Waals surface area contributed by atoms with E-state index in [1.54, 1.807) is 35.0 Å². The lowest BCUT2D eigenvalue weighted by Crippen LogP contribution is -2.31. The largest absolute Gasteiger partial charge is 0.451 e. The third kappa shape index (κ3) is 4.16. The summed E-state index contributed by atoms with van der Waals surface area (Å²) in [5.41, 5.74) is 1.70. The molecule has 0 radical (unpaired) electrons. The summed E-state index contributed by atoms with van der Waals surface area (Å²) in [6.07, 6.45) is 3.34. The van der Waals surface area contributed by atoms with Crippen molar-refractivity contribution in [1.82, 2.24) is 14.7 Å². The number of imidazole rings is 1. The second-order valence-corrected chi connectivity index (χ2v) is 5.95. The first-order valence-electron chi connectivity index (χ1n) is 7.68. The molecule has 0 saturated carbocycles. The van der Waals surface area contributed by atoms with Crippen LogP contribution in [-0.4, -0.2) is 27.9 Å². The molecule has 25 heavy (non-hydrogen) atoms. The van der Waals surface area contributed by atoms with Gasteiger partial charge < -0.3 is 14.5 Å². The molecule has 1 N–H and O–H groups in total. The molecule has 0 aliphatic rings. The Bertz CT molecular complexity index is 872. The number of aromatic nitrogens is 2. The first-order chi connectivity index (χ1) is 12.0. The Hall–Kier alpha value is -2.86. The summed E-state index contributed by atoms with van der Waals surface area (Å²) in [5.74, 6) is -1.03. The average Bonchev–Trinajstić information content (AvgIpc) is 3.04. The van der Waals surface area contributed by atoms with Crippen LogP contribution in [0.5, 0.6) is 0 Å². The quantitative estimate of drug-likeness (QED) is 0.712. The zero-order valence-corrected chi connectivity index (χ0v) is 14.2. The molecular weight excluding hydrogens is 342 g/mol. The van der Waals surface area contributed by atoms with Crippen LogP contribution in [0.3, 0.4) is 0 Å². The molecule has 3 aromatic rings. The summed E-state index contributed by atoms with van der Waals surface area (Å²) in [4.78, 5) is 28.1. The second kappa shape index (κ2) is 7.36. The van der Waals surface area contributed by atoms with Crippen molar-refractivity contribution >= 4 is 29.1 Å². The lowest BCUT2D eigenvalue weighted by Gasteiger charge is -2.14. The summed E-state index contributed by atoms with van der Waals surface area (Å²) in [6.45, 7) is 1.47. The molecule has 7 heteroatoms. The topological polar surface area (TPSA) is 72.7 Å². The molecule has 0 bridgehead atoms. The van der Waals surface area contributed by atoms with Crippen LogP contribution in [0.2, 0.25) is 5.02 Å². The maximum absolute atomic E-state index is 12.0. The van der Waals surface area contributed by atoms with Gasteiger partial charge in [-0.05, 0) is 36.8 Å². The van der Waals surface area contributed by atoms with Gasteiger partial charge in [0, 0.05) is 17.4 Å². The molecule has 0 aliphatic heterocycles. The number of carbonyl (C=O) groups is 2. The molecule has 0 saturated heterocycles. The maximum Gasteiger partial charge on any atom is 0.359 e. The van der Waals surface area contributed by atoms with Crippen LogP contribution in [-0.2, 0) is 9.53 Å². The second-order valence-electron chi connectivity index (χ2n) is 5.51. The highest BCUT2D eigenvalue weighted by Crippen LogP contribution is 2.15. The molecule has 1 amide bonds. The van der Waals surface area contributed by atoms with E-state index in [9.17, 15) is 9.59 Å². The zero-order chi connectivity index (χ0) is 17.8. The summed E-state index contributed by atoms with van der Waals surface area (Å²) in [6, 6.07) is 12.4. The smallest absolute Gasteiger partial charge is 0.359 e. The van der Waals surface area contributed by atoms with Gasteiger partial charge in [0.15, 0.2) is 12.3 Å². The Kier molecular flexibility index (Phi) is 5.00. The number of fused-ring (bicyclic) bond motifs is 1. The normalized spacial score (nSPS) is 11.9. The number of benzene rings is 1. The molecule has 0 aliphatic carbocycles. The molecule has 0 unspecified atom stereocenters. The van der Waals surface area contributed by atoms with E-state index < -0.39 is 5.97 Å². The van der Waals surface area contributed by atoms with Crippen LogP contribution in [0.4, 0.5) is 0 Å². The van der Waals surface area contributed by atoms with Crippen LogP contribution < -0.4 is 5.32 Å². The zero-order valence-electron chi connectivity index (χ0n) is 13.5. The minimum atomic E-state index is -0.641. The fourth-order valence-electron chi connectivity index (χ4n) is 2.36. The van der Waals surface area contributed by atoms with Crippen molar-refractivity contribution in [1.29, 1.82) is 0 Å². The third-order valence-electron chi connectivity index (χ3n) is 3.65. The molecule has 2 aromatic heterocycles. The number of esters is 1. The van der Waals surface area contributed by atoms with E-state index in [2.05, 4.69) is 10.3 Å². The van der Waals surface area contributed by atoms with E-state index in [-0.39, 0.29) is 24.2 Å². The predicted molar refractivity (Wildman–Crippen MR) is 93.5 cm³/mol. The number of hydrogen-bond donors (Lipinski definition) is 1. The fourth-order valence-corrected chi connectivity index (χ4v) is 2.48. The summed E-state index contributed by atoms with van der Waals surface area (Å²) < 4.78 is 6.73. The standard InChI is InChI=1S/C18H16ClN3O3/c1-12(13-5-7-14(19)8-6-13)20-17(23)11-25-18(24)15-10-22-9-3-2-4-16(22)21-15/h2-10,12H,11H2,1H3,(H,20,23)/t12-/m1/s1. The lowest BCUT2D eigenvalue weighted by molar-refractivity contribution is -0.124. The van der Waals surface area contributed by atoms with Crippen LogP contribution in [0.15, 0.2) is 54.9 Å². The highest BCUT2D eigenvalue weighted by molar-refractivity contribution is 6.30. The van der Waals surface area contributed by atoms with E-state index in [1.165, 1.54) is 0 Å². The van der Waals surface area contributed by atoms with Gasteiger partial charge in [-0.2, -0.15) is 0 Å². The van der Waals surface area contributed by atoms with E-state index in [4.69, 9.17) is 16.3 Å². The number of nitrogens with zero attached hydrogens (tertiary/aromatic N) is 2. The Morgan fingerprint density at radius 2 is 2.00 bits per heavy atom. The van der Waals surface area contributed by atoms with Gasteiger partial charge in [-0.1, -0.05) is 29.8 Å². The molecule has 1 aromatic carbocycles. The van der Waals surface area contributed by atoms with Crippen molar-refractivity contribution in [2.45, 2.75) is 13.0 Å². The van der Waals surface area contributed by atoms with Crippen LogP contribution in [0.1, 0.15) is 29.0 Å². The Morgan fingerprint density at radius 3 is 2.72 bits per heavy atom. The van der Waals surface area contributed by atoms with Crippen molar-refractivity contribution in [2.75, 3.05) is 6.61 Å². The van der Waals surface area contributed by atoms with E-state index in [1.807, 2.05) is 31.2 Å². The average molecular weight is 358 g/mol. The SMILES string of the molecule is C[C@@H](NC(=O)COC(=O)c1cn2ccccc2n1)c1ccc(Cl)cc1. The van der Waals surface area contributed by atoms with E-state index >= 15 is 0 Å². The molecule has 2 heterocycles. The summed E-state index contributed by atoms with van der Waals surface area (Å²) >= 11 is 5.84. The molecule has 3 rings (SSSR count). The van der Waals surface area contributed by atoms with Gasteiger partial charge in [0.1, 0.15) is 5.65 Å². The third-order valence-corrected chi connectivity index (χ3v) is 3.91. The molecule has 1 atom stereocenters. The van der Waals surface area contributed by atoms with Gasteiger partial charge >= 0.3 is 5.97 Å². The van der Waals surface area contributed by atoms with Crippen LogP contribution >= 0.6 is 11.6 Å². The number of ether oxygens (including phenoxy) is 1. The van der Waals surface area contributed by atoms with Crippen molar-refractivity contribution in [3.05, 3.63) is 71.1 Å². The molecule has 0 fully saturated rings. The highest BCUT2D eigenvalue weighted by Gasteiger charge is 2.15. The van der Waals surface area contributed by atoms with Gasteiger partial charge in [-0.3, -0.25) is 4.79 Å². The molecule has 6 nitrogen and oxygen atoms in total. The van der Waals surface area contributed by atoms with Gasteiger partial charge in [0.25, 0.3) is 5.91 Å². The molecular formula is C18H16ClN3O3. The van der Waals surface area contributed by atoms with Crippen molar-refractivity contribution in [3.8, 4) is 0 Å². The number of pyridine rings is 1. The summed E-state index contributed by atoms with van der Waals surface area (Å²) in [5, 5.41) is 3.39. The number of nitrogens with one attached hydrogen (secondary N) is 1. The number of amides is 1. The Balaban J connectivity index is 1.54. The Morgan fingerprint density at radius 1 is 1.24 bits per heavy atom. The minimum absolute atomic E-state index is 0.157.